The van der Waals surface area contributed by atoms with E-state index in [4.69, 9.17) is 0 Å². The summed E-state index contributed by atoms with van der Waals surface area (Å²) in [4.78, 5) is 10.5. The van der Waals surface area contributed by atoms with Crippen molar-refractivity contribution in [3.8, 4) is 0 Å². The van der Waals surface area contributed by atoms with Gasteiger partial charge in [0, 0.05) is 6.42 Å². The summed E-state index contributed by atoms with van der Waals surface area (Å²) in [6.45, 7) is 2.23. The summed E-state index contributed by atoms with van der Waals surface area (Å²) in [7, 11) is 0. The molecule has 0 aliphatic carbocycles. The van der Waals surface area contributed by atoms with E-state index in [9.17, 15) is 4.79 Å². The van der Waals surface area contributed by atoms with Crippen LogP contribution in [-0.4, -0.2) is 18.2 Å². The van der Waals surface area contributed by atoms with Crippen molar-refractivity contribution in [3.05, 3.63) is 0 Å². The molecule has 1 rings (SSSR count). The molecule has 1 fully saturated rings. The van der Waals surface area contributed by atoms with E-state index in [2.05, 4.69) is 17.9 Å². The molecule has 0 radical (unpaired) electrons. The second-order valence-electron chi connectivity index (χ2n) is 3.13. The van der Waals surface area contributed by atoms with Crippen LogP contribution < -0.4 is 5.32 Å². The van der Waals surface area contributed by atoms with Gasteiger partial charge in [-0.3, -0.25) is 4.79 Å². The summed E-state index contributed by atoms with van der Waals surface area (Å²) >= 11 is 3.74. The van der Waals surface area contributed by atoms with Crippen molar-refractivity contribution in [2.45, 2.75) is 25.7 Å². The van der Waals surface area contributed by atoms with Crippen molar-refractivity contribution in [1.82, 2.24) is 5.32 Å². The Kier molecular flexibility index (Phi) is 3.94. The third kappa shape index (κ3) is 3.77. The number of carbonyl (C=O) groups is 1. The Morgan fingerprint density at radius 1 is 1.45 bits per heavy atom. The summed E-state index contributed by atoms with van der Waals surface area (Å²) in [6.07, 6.45) is 4.12. The first-order valence-electron chi connectivity index (χ1n) is 4.21. The predicted octanol–water partition coefficient (Wildman–Crippen LogP) is 1.22. The minimum Gasteiger partial charge on any atom is -0.317 e. The number of carbonyl (C=O) groups excluding carboxylic acids is 1. The first-order valence-corrected chi connectivity index (χ1v) is 4.66. The lowest BCUT2D eigenvalue weighted by Gasteiger charge is -2.21. The van der Waals surface area contributed by atoms with Gasteiger partial charge < -0.3 is 5.32 Å². The molecule has 64 valence electrons. The molecule has 0 amide bonds. The lowest BCUT2D eigenvalue weighted by Crippen LogP contribution is -2.27. The largest absolute Gasteiger partial charge is 0.317 e. The Morgan fingerprint density at radius 3 is 2.64 bits per heavy atom. The monoisotopic (exact) mass is 173 g/mol. The zero-order chi connectivity index (χ0) is 8.10. The van der Waals surface area contributed by atoms with Crippen LogP contribution in [0, 0.1) is 5.92 Å². The maximum absolute atomic E-state index is 10.5. The number of hydrogen-bond acceptors (Lipinski definition) is 2. The molecule has 1 saturated heterocycles. The van der Waals surface area contributed by atoms with E-state index in [0.29, 0.717) is 6.42 Å². The zero-order valence-electron chi connectivity index (χ0n) is 6.68. The minimum atomic E-state index is 0.0310. The summed E-state index contributed by atoms with van der Waals surface area (Å²) in [5, 5.41) is 3.33. The van der Waals surface area contributed by atoms with Crippen LogP contribution in [0.2, 0.25) is 0 Å². The van der Waals surface area contributed by atoms with E-state index in [1.807, 2.05) is 0 Å². The van der Waals surface area contributed by atoms with Crippen LogP contribution in [0.5, 0.6) is 0 Å². The first kappa shape index (κ1) is 9.07. The molecule has 1 aliphatic rings. The van der Waals surface area contributed by atoms with Gasteiger partial charge in [0.25, 0.3) is 0 Å². The summed E-state index contributed by atoms with van der Waals surface area (Å²) < 4.78 is 0. The van der Waals surface area contributed by atoms with Crippen molar-refractivity contribution in [2.24, 2.45) is 5.92 Å². The van der Waals surface area contributed by atoms with Gasteiger partial charge in [-0.05, 0) is 38.3 Å². The van der Waals surface area contributed by atoms with E-state index in [0.717, 1.165) is 25.4 Å². The van der Waals surface area contributed by atoms with Gasteiger partial charge in [0.1, 0.15) is 0 Å². The van der Waals surface area contributed by atoms with Crippen LogP contribution >= 0.6 is 12.6 Å². The SMILES string of the molecule is O=C(S)CCC1CCNCC1. The van der Waals surface area contributed by atoms with E-state index in [1.54, 1.807) is 0 Å². The molecule has 1 N–H and O–H groups in total. The molecule has 1 heterocycles. The van der Waals surface area contributed by atoms with Gasteiger partial charge in [0.15, 0.2) is 5.12 Å². The predicted molar refractivity (Wildman–Crippen MR) is 48.8 cm³/mol. The second-order valence-corrected chi connectivity index (χ2v) is 3.62. The van der Waals surface area contributed by atoms with Gasteiger partial charge in [-0.15, -0.1) is 12.6 Å². The summed E-state index contributed by atoms with van der Waals surface area (Å²) in [5.74, 6) is 0.757. The van der Waals surface area contributed by atoms with Gasteiger partial charge in [-0.2, -0.15) is 0 Å². The average molecular weight is 173 g/mol. The van der Waals surface area contributed by atoms with Crippen LogP contribution in [0.1, 0.15) is 25.7 Å². The lowest BCUT2D eigenvalue weighted by atomic mass is 9.93. The molecule has 0 aromatic carbocycles. The standard InChI is InChI=1S/C8H15NOS/c10-8(11)2-1-7-3-5-9-6-4-7/h7,9H,1-6H2,(H,10,11). The minimum absolute atomic E-state index is 0.0310. The highest BCUT2D eigenvalue weighted by Crippen LogP contribution is 2.17. The average Bonchev–Trinajstić information content (AvgIpc) is 2.03. The first-order chi connectivity index (χ1) is 5.29. The van der Waals surface area contributed by atoms with Crippen molar-refractivity contribution < 1.29 is 4.79 Å². The topological polar surface area (TPSA) is 29.1 Å². The highest BCUT2D eigenvalue weighted by atomic mass is 32.1. The number of thiol groups is 1. The number of nitrogens with one attached hydrogen (secondary N) is 1. The van der Waals surface area contributed by atoms with Gasteiger partial charge in [-0.25, -0.2) is 0 Å². The van der Waals surface area contributed by atoms with Crippen LogP contribution in [0.15, 0.2) is 0 Å². The van der Waals surface area contributed by atoms with Crippen molar-refractivity contribution in [3.63, 3.8) is 0 Å². The Morgan fingerprint density at radius 2 is 2.09 bits per heavy atom. The van der Waals surface area contributed by atoms with Gasteiger partial charge in [0.2, 0.25) is 0 Å². The highest BCUT2D eigenvalue weighted by molar-refractivity contribution is 7.96. The third-order valence-electron chi connectivity index (χ3n) is 2.23. The molecule has 2 nitrogen and oxygen atoms in total. The molecular weight excluding hydrogens is 158 g/mol. The Bertz CT molecular complexity index is 132. The van der Waals surface area contributed by atoms with Gasteiger partial charge >= 0.3 is 0 Å². The molecule has 1 aliphatic heterocycles. The van der Waals surface area contributed by atoms with Crippen molar-refractivity contribution in [2.75, 3.05) is 13.1 Å². The van der Waals surface area contributed by atoms with Crippen molar-refractivity contribution in [1.29, 1.82) is 0 Å². The lowest BCUT2D eigenvalue weighted by molar-refractivity contribution is -0.111. The Balaban J connectivity index is 2.09. The smallest absolute Gasteiger partial charge is 0.185 e. The number of piperidine rings is 1. The molecule has 0 aromatic rings. The van der Waals surface area contributed by atoms with Crippen LogP contribution in [-0.2, 0) is 4.79 Å². The molecule has 0 bridgehead atoms. The van der Waals surface area contributed by atoms with Crippen LogP contribution in [0.4, 0.5) is 0 Å². The molecule has 0 saturated carbocycles. The third-order valence-corrected chi connectivity index (χ3v) is 2.45. The normalized spacial score (nSPS) is 20.1. The van der Waals surface area contributed by atoms with Crippen LogP contribution in [0.3, 0.4) is 0 Å². The number of rotatable bonds is 3. The maximum atomic E-state index is 10.5. The van der Waals surface area contributed by atoms with Crippen LogP contribution in [0.25, 0.3) is 0 Å². The second kappa shape index (κ2) is 4.78. The number of hydrogen-bond donors (Lipinski definition) is 2. The molecule has 0 spiro atoms. The molecule has 0 aromatic heterocycles. The molecular formula is C8H15NOS. The maximum Gasteiger partial charge on any atom is 0.185 e. The van der Waals surface area contributed by atoms with E-state index >= 15 is 0 Å². The van der Waals surface area contributed by atoms with E-state index in [-0.39, 0.29) is 5.12 Å². The zero-order valence-corrected chi connectivity index (χ0v) is 7.57. The summed E-state index contributed by atoms with van der Waals surface area (Å²) in [5.41, 5.74) is 0. The molecule has 11 heavy (non-hydrogen) atoms. The Labute approximate surface area is 73.2 Å². The fraction of sp³-hybridized carbons (Fsp3) is 0.875. The molecule has 3 heteroatoms. The Hall–Kier alpha value is -0.0200. The fourth-order valence-corrected chi connectivity index (χ4v) is 1.63. The van der Waals surface area contributed by atoms with E-state index in [1.165, 1.54) is 12.8 Å². The van der Waals surface area contributed by atoms with E-state index < -0.39 is 0 Å². The molecule has 0 atom stereocenters. The molecule has 0 unspecified atom stereocenters. The van der Waals surface area contributed by atoms with Gasteiger partial charge in [-0.1, -0.05) is 0 Å². The quantitative estimate of drug-likeness (QED) is 0.628. The fourth-order valence-electron chi connectivity index (χ4n) is 1.50. The van der Waals surface area contributed by atoms with Crippen molar-refractivity contribution >= 4 is 17.7 Å². The highest BCUT2D eigenvalue weighted by Gasteiger charge is 2.12. The van der Waals surface area contributed by atoms with Gasteiger partial charge in [0.05, 0.1) is 0 Å². The summed E-state index contributed by atoms with van der Waals surface area (Å²) in [6, 6.07) is 0.